The molecule has 11 nitrogen and oxygen atoms in total. The number of halogens is 3. The Bertz CT molecular complexity index is 1410. The summed E-state index contributed by atoms with van der Waals surface area (Å²) in [7, 11) is -4.63. The number of carbonyl (C=O) groups is 1. The van der Waals surface area contributed by atoms with E-state index in [0.717, 1.165) is 11.8 Å². The summed E-state index contributed by atoms with van der Waals surface area (Å²) in [5, 5.41) is 2.63. The third-order valence-corrected chi connectivity index (χ3v) is 6.40. The Hall–Kier alpha value is -3.55. The van der Waals surface area contributed by atoms with Gasteiger partial charge in [0.25, 0.3) is 5.91 Å². The number of rotatable bonds is 9. The number of aryl methyl sites for hydroxylation is 1. The van der Waals surface area contributed by atoms with Crippen LogP contribution in [0.1, 0.15) is 21.6 Å². The van der Waals surface area contributed by atoms with Crippen molar-refractivity contribution in [2.45, 2.75) is 13.1 Å². The first-order valence-corrected chi connectivity index (χ1v) is 13.5. The molecule has 3 aromatic rings. The fourth-order valence-electron chi connectivity index (χ4n) is 3.97. The minimum atomic E-state index is -4.68. The van der Waals surface area contributed by atoms with Gasteiger partial charge in [0.1, 0.15) is 18.0 Å². The van der Waals surface area contributed by atoms with E-state index in [2.05, 4.69) is 19.8 Å². The zero-order valence-electron chi connectivity index (χ0n) is 21.2. The number of anilines is 2. The van der Waals surface area contributed by atoms with Crippen LogP contribution in [0.3, 0.4) is 0 Å². The molecule has 3 heterocycles. The van der Waals surface area contributed by atoms with Crippen molar-refractivity contribution in [3.05, 3.63) is 65.6 Å². The molecule has 0 aliphatic carbocycles. The number of alkyl halides is 3. The molecule has 0 spiro atoms. The number of morpholine rings is 1. The Labute approximate surface area is 227 Å². The van der Waals surface area contributed by atoms with Crippen LogP contribution in [0.5, 0.6) is 5.88 Å². The zero-order chi connectivity index (χ0) is 28.9. The smallest absolute Gasteiger partial charge is 0.469 e. The number of nitrogens with zero attached hydrogens (tertiary/aromatic N) is 3. The number of hydrogen-bond acceptors (Lipinski definition) is 8. The molecule has 0 bridgehead atoms. The summed E-state index contributed by atoms with van der Waals surface area (Å²) in [4.78, 5) is 40.1. The van der Waals surface area contributed by atoms with Crippen molar-refractivity contribution in [1.82, 2.24) is 9.97 Å². The number of carbonyl (C=O) groups excluding carboxylic acids is 1. The van der Waals surface area contributed by atoms with Gasteiger partial charge in [0.2, 0.25) is 5.88 Å². The molecule has 1 fully saturated rings. The quantitative estimate of drug-likeness (QED) is 0.250. The zero-order valence-corrected chi connectivity index (χ0v) is 22.1. The van der Waals surface area contributed by atoms with Crippen LogP contribution in [-0.2, 0) is 20.0 Å². The van der Waals surface area contributed by atoms with Crippen LogP contribution in [0.25, 0.3) is 11.1 Å². The molecule has 0 radical (unpaired) electrons. The Balaban J connectivity index is 1.58. The molecular formula is C25H26F3N4O7P. The van der Waals surface area contributed by atoms with E-state index in [9.17, 15) is 22.5 Å². The molecule has 1 aromatic carbocycles. The Morgan fingerprint density at radius 1 is 1.12 bits per heavy atom. The molecule has 4 rings (SSSR count). The molecule has 40 heavy (non-hydrogen) atoms. The highest BCUT2D eigenvalue weighted by molar-refractivity contribution is 7.46. The largest absolute Gasteiger partial charge is 0.474 e. The van der Waals surface area contributed by atoms with E-state index in [1.165, 1.54) is 6.07 Å². The molecule has 0 atom stereocenters. The van der Waals surface area contributed by atoms with Gasteiger partial charge in [-0.2, -0.15) is 13.2 Å². The topological polar surface area (TPSA) is 143 Å². The van der Waals surface area contributed by atoms with E-state index in [1.54, 1.807) is 24.4 Å². The molecule has 0 saturated carbocycles. The van der Waals surface area contributed by atoms with Gasteiger partial charge in [0, 0.05) is 42.3 Å². The number of aromatic nitrogens is 2. The van der Waals surface area contributed by atoms with Gasteiger partial charge in [-0.1, -0.05) is 6.07 Å². The first kappa shape index (κ1) is 29.4. The summed E-state index contributed by atoms with van der Waals surface area (Å²) in [5.74, 6) is -0.490. The van der Waals surface area contributed by atoms with Crippen LogP contribution >= 0.6 is 7.82 Å². The number of hydrogen-bond donors (Lipinski definition) is 3. The summed E-state index contributed by atoms with van der Waals surface area (Å²) in [5.41, 5.74) is 1.87. The van der Waals surface area contributed by atoms with Crippen molar-refractivity contribution in [2.24, 2.45) is 0 Å². The molecule has 1 aliphatic rings. The van der Waals surface area contributed by atoms with Gasteiger partial charge in [0.05, 0.1) is 19.8 Å². The highest BCUT2D eigenvalue weighted by Gasteiger charge is 2.33. The third kappa shape index (κ3) is 7.77. The van der Waals surface area contributed by atoms with Crippen LogP contribution < -0.4 is 15.0 Å². The summed E-state index contributed by atoms with van der Waals surface area (Å²) >= 11 is 0. The number of nitrogens with one attached hydrogen (secondary N) is 1. The van der Waals surface area contributed by atoms with E-state index in [1.807, 2.05) is 17.9 Å². The fourth-order valence-corrected chi connectivity index (χ4v) is 4.28. The van der Waals surface area contributed by atoms with Gasteiger partial charge in [-0.3, -0.25) is 14.3 Å². The van der Waals surface area contributed by atoms with Crippen LogP contribution in [0, 0.1) is 6.92 Å². The Morgan fingerprint density at radius 3 is 2.58 bits per heavy atom. The fraction of sp³-hybridized carbons (Fsp3) is 0.320. The molecular weight excluding hydrogens is 556 g/mol. The highest BCUT2D eigenvalue weighted by Crippen LogP contribution is 2.37. The summed E-state index contributed by atoms with van der Waals surface area (Å²) < 4.78 is 65.5. The van der Waals surface area contributed by atoms with Crippen molar-refractivity contribution < 1.29 is 46.3 Å². The van der Waals surface area contributed by atoms with Crippen LogP contribution in [0.15, 0.2) is 48.8 Å². The summed E-state index contributed by atoms with van der Waals surface area (Å²) in [6, 6.07) is 8.81. The predicted octanol–water partition coefficient (Wildman–Crippen LogP) is 4.05. The third-order valence-electron chi connectivity index (χ3n) is 5.88. The number of ether oxygens (including phenoxy) is 2. The van der Waals surface area contributed by atoms with E-state index >= 15 is 0 Å². The molecule has 15 heteroatoms. The lowest BCUT2D eigenvalue weighted by molar-refractivity contribution is -0.141. The SMILES string of the molecule is Cc1ccc(NC(=O)c2ccnc(C(F)(F)F)c2)cc1-c1cnc(OCCOP(=O)(O)O)c(N2CCOCC2)c1. The number of phosphoric acid groups is 1. The minimum Gasteiger partial charge on any atom is -0.474 e. The van der Waals surface area contributed by atoms with E-state index in [0.29, 0.717) is 54.9 Å². The van der Waals surface area contributed by atoms with E-state index in [4.69, 9.17) is 19.3 Å². The van der Waals surface area contributed by atoms with Gasteiger partial charge in [-0.05, 0) is 48.4 Å². The maximum absolute atomic E-state index is 13.0. The number of amides is 1. The number of pyridine rings is 2. The van der Waals surface area contributed by atoms with Gasteiger partial charge < -0.3 is 29.5 Å². The highest BCUT2D eigenvalue weighted by atomic mass is 31.2. The maximum atomic E-state index is 13.0. The van der Waals surface area contributed by atoms with Gasteiger partial charge in [-0.15, -0.1) is 0 Å². The van der Waals surface area contributed by atoms with Gasteiger partial charge >= 0.3 is 14.0 Å². The van der Waals surface area contributed by atoms with Crippen molar-refractivity contribution in [1.29, 1.82) is 0 Å². The predicted molar refractivity (Wildman–Crippen MR) is 138 cm³/mol. The Morgan fingerprint density at radius 2 is 1.88 bits per heavy atom. The van der Waals surface area contributed by atoms with Gasteiger partial charge in [0.15, 0.2) is 0 Å². The first-order valence-electron chi connectivity index (χ1n) is 12.0. The standard InChI is InChI=1S/C25H26F3N4O7P/c1-16-2-3-19(31-23(33)17-4-5-29-22(13-17)25(26,27)28)14-20(16)18-12-21(32-6-8-37-9-7-32)24(30-15-18)38-10-11-39-40(34,35)36/h2-5,12-15H,6-11H2,1H3,(H,31,33)(H2,34,35,36). The second-order valence-corrected chi connectivity index (χ2v) is 9.97. The van der Waals surface area contributed by atoms with Crippen LogP contribution in [0.4, 0.5) is 24.5 Å². The van der Waals surface area contributed by atoms with Crippen molar-refractivity contribution in [3.63, 3.8) is 0 Å². The molecule has 1 saturated heterocycles. The molecule has 2 aromatic heterocycles. The first-order chi connectivity index (χ1) is 18.9. The number of phosphoric ester groups is 1. The number of benzene rings is 1. The van der Waals surface area contributed by atoms with Crippen molar-refractivity contribution >= 4 is 25.1 Å². The molecule has 214 valence electrons. The average molecular weight is 582 g/mol. The maximum Gasteiger partial charge on any atom is 0.469 e. The lowest BCUT2D eigenvalue weighted by Gasteiger charge is -2.30. The lowest BCUT2D eigenvalue weighted by atomic mass is 10.0. The molecule has 0 unspecified atom stereocenters. The van der Waals surface area contributed by atoms with Crippen molar-refractivity contribution in [2.75, 3.05) is 49.7 Å². The minimum absolute atomic E-state index is 0.152. The Kier molecular flexibility index (Phi) is 9.06. The molecule has 3 N–H and O–H groups in total. The van der Waals surface area contributed by atoms with Gasteiger partial charge in [-0.25, -0.2) is 9.55 Å². The summed E-state index contributed by atoms with van der Waals surface area (Å²) in [6.07, 6.45) is -2.20. The summed E-state index contributed by atoms with van der Waals surface area (Å²) in [6.45, 7) is 3.44. The normalized spacial score (nSPS) is 14.2. The van der Waals surface area contributed by atoms with Crippen LogP contribution in [0.2, 0.25) is 0 Å². The second-order valence-electron chi connectivity index (χ2n) is 8.73. The van der Waals surface area contributed by atoms with Crippen molar-refractivity contribution in [3.8, 4) is 17.0 Å². The molecule has 1 amide bonds. The molecule has 1 aliphatic heterocycles. The second kappa shape index (κ2) is 12.3. The lowest BCUT2D eigenvalue weighted by Crippen LogP contribution is -2.36. The van der Waals surface area contributed by atoms with Crippen LogP contribution in [-0.4, -0.2) is 65.2 Å². The average Bonchev–Trinajstić information content (AvgIpc) is 2.92. The monoisotopic (exact) mass is 582 g/mol. The van der Waals surface area contributed by atoms with E-state index < -0.39 is 25.6 Å². The van der Waals surface area contributed by atoms with E-state index in [-0.39, 0.29) is 24.7 Å².